The van der Waals surface area contributed by atoms with Crippen molar-refractivity contribution < 1.29 is 4.79 Å². The van der Waals surface area contributed by atoms with Gasteiger partial charge < -0.3 is 15.5 Å². The van der Waals surface area contributed by atoms with Gasteiger partial charge in [-0.25, -0.2) is 9.97 Å². The summed E-state index contributed by atoms with van der Waals surface area (Å²) < 4.78 is 0. The third-order valence-corrected chi connectivity index (χ3v) is 3.43. The number of aryl methyl sites for hydroxylation is 1. The predicted molar refractivity (Wildman–Crippen MR) is 93.2 cm³/mol. The number of likely N-dealkylation sites (N-methyl/N-ethyl adjacent to an activating group) is 1. The van der Waals surface area contributed by atoms with E-state index in [0.29, 0.717) is 22.2 Å². The Morgan fingerprint density at radius 1 is 1.26 bits per heavy atom. The molecule has 0 bridgehead atoms. The Hall–Kier alpha value is -2.18. The van der Waals surface area contributed by atoms with E-state index in [-0.39, 0.29) is 5.91 Å². The van der Waals surface area contributed by atoms with Crippen molar-refractivity contribution >= 4 is 29.1 Å². The van der Waals surface area contributed by atoms with Crippen molar-refractivity contribution in [1.82, 2.24) is 14.9 Å². The van der Waals surface area contributed by atoms with Crippen LogP contribution in [0.1, 0.15) is 15.9 Å². The molecule has 0 unspecified atom stereocenters. The van der Waals surface area contributed by atoms with Crippen LogP contribution in [0, 0.1) is 6.92 Å². The first-order valence-corrected chi connectivity index (χ1v) is 7.61. The second-order valence-corrected chi connectivity index (χ2v) is 5.88. The molecular weight excluding hydrogens is 314 g/mol. The largest absolute Gasteiger partial charge is 0.353 e. The zero-order chi connectivity index (χ0) is 16.8. The highest BCUT2D eigenvalue weighted by molar-refractivity contribution is 6.30. The normalized spacial score (nSPS) is 10.7. The Labute approximate surface area is 140 Å². The number of hydrogen-bond acceptors (Lipinski definition) is 5. The number of halogens is 1. The fourth-order valence-electron chi connectivity index (χ4n) is 1.89. The maximum Gasteiger partial charge on any atom is 0.258 e. The molecule has 1 aromatic heterocycles. The van der Waals surface area contributed by atoms with Gasteiger partial charge >= 0.3 is 0 Å². The van der Waals surface area contributed by atoms with Gasteiger partial charge in [0.1, 0.15) is 0 Å². The van der Waals surface area contributed by atoms with E-state index in [1.165, 1.54) is 12.4 Å². The minimum Gasteiger partial charge on any atom is -0.353 e. The van der Waals surface area contributed by atoms with Crippen LogP contribution >= 0.6 is 11.6 Å². The molecule has 23 heavy (non-hydrogen) atoms. The van der Waals surface area contributed by atoms with Crippen LogP contribution in [-0.4, -0.2) is 48.0 Å². The van der Waals surface area contributed by atoms with Crippen molar-refractivity contribution in [2.45, 2.75) is 6.92 Å². The summed E-state index contributed by atoms with van der Waals surface area (Å²) in [5, 5.41) is 6.56. The van der Waals surface area contributed by atoms with Crippen molar-refractivity contribution in [2.24, 2.45) is 0 Å². The van der Waals surface area contributed by atoms with Gasteiger partial charge in [0.25, 0.3) is 5.91 Å². The van der Waals surface area contributed by atoms with Gasteiger partial charge in [-0.15, -0.1) is 0 Å². The van der Waals surface area contributed by atoms with Gasteiger partial charge in [0.15, 0.2) is 0 Å². The van der Waals surface area contributed by atoms with Crippen LogP contribution in [0.4, 0.5) is 11.6 Å². The van der Waals surface area contributed by atoms with Gasteiger partial charge in [0.2, 0.25) is 5.95 Å². The number of nitrogens with one attached hydrogen (secondary N) is 2. The van der Waals surface area contributed by atoms with Crippen molar-refractivity contribution in [3.8, 4) is 0 Å². The van der Waals surface area contributed by atoms with Gasteiger partial charge in [0.05, 0.1) is 5.56 Å². The monoisotopic (exact) mass is 333 g/mol. The molecule has 122 valence electrons. The number of rotatable bonds is 6. The molecule has 0 aliphatic rings. The van der Waals surface area contributed by atoms with E-state index in [1.54, 1.807) is 18.2 Å². The third kappa shape index (κ3) is 5.19. The maximum absolute atomic E-state index is 12.2. The molecular formula is C16H20ClN5O. The number of carbonyl (C=O) groups excluding carboxylic acids is 1. The van der Waals surface area contributed by atoms with Crippen LogP contribution in [0.15, 0.2) is 30.6 Å². The average molecular weight is 334 g/mol. The molecule has 0 aliphatic heterocycles. The van der Waals surface area contributed by atoms with Gasteiger partial charge in [-0.2, -0.15) is 0 Å². The van der Waals surface area contributed by atoms with Crippen molar-refractivity contribution in [3.63, 3.8) is 0 Å². The standard InChI is InChI=1S/C16H20ClN5O/c1-11-8-13(17)4-5-14(11)21-15(23)12-9-19-16(20-10-12)18-6-7-22(2)3/h4-5,8-10H,6-7H2,1-3H3,(H,21,23)(H,18,19,20). The van der Waals surface area contributed by atoms with Gasteiger partial charge in [0, 0.05) is 36.2 Å². The number of anilines is 2. The van der Waals surface area contributed by atoms with Gasteiger partial charge in [-0.05, 0) is 44.8 Å². The van der Waals surface area contributed by atoms with Crippen molar-refractivity contribution in [1.29, 1.82) is 0 Å². The van der Waals surface area contributed by atoms with E-state index < -0.39 is 0 Å². The van der Waals surface area contributed by atoms with E-state index in [2.05, 4.69) is 25.5 Å². The summed E-state index contributed by atoms with van der Waals surface area (Å²) >= 11 is 5.91. The predicted octanol–water partition coefficient (Wildman–Crippen LogP) is 2.66. The zero-order valence-electron chi connectivity index (χ0n) is 13.4. The first-order valence-electron chi connectivity index (χ1n) is 7.24. The maximum atomic E-state index is 12.2. The second kappa shape index (κ2) is 7.89. The number of aromatic nitrogens is 2. The molecule has 0 saturated carbocycles. The molecule has 0 radical (unpaired) electrons. The highest BCUT2D eigenvalue weighted by Gasteiger charge is 2.09. The lowest BCUT2D eigenvalue weighted by atomic mass is 10.2. The average Bonchev–Trinajstić information content (AvgIpc) is 2.50. The van der Waals surface area contributed by atoms with E-state index in [1.807, 2.05) is 21.0 Å². The topological polar surface area (TPSA) is 70.2 Å². The first kappa shape index (κ1) is 17.2. The molecule has 0 fully saturated rings. The van der Waals surface area contributed by atoms with E-state index in [0.717, 1.165) is 18.7 Å². The molecule has 0 spiro atoms. The minimum absolute atomic E-state index is 0.254. The smallest absolute Gasteiger partial charge is 0.258 e. The molecule has 0 aliphatic carbocycles. The number of hydrogen-bond donors (Lipinski definition) is 2. The van der Waals surface area contributed by atoms with Crippen molar-refractivity contribution in [3.05, 3.63) is 46.7 Å². The zero-order valence-corrected chi connectivity index (χ0v) is 14.2. The summed E-state index contributed by atoms with van der Waals surface area (Å²) in [7, 11) is 3.99. The molecule has 2 aromatic rings. The molecule has 0 atom stereocenters. The molecule has 1 amide bonds. The summed E-state index contributed by atoms with van der Waals surface area (Å²) in [5.74, 6) is 0.251. The van der Waals surface area contributed by atoms with Crippen LogP contribution in [0.5, 0.6) is 0 Å². The molecule has 2 N–H and O–H groups in total. The van der Waals surface area contributed by atoms with Gasteiger partial charge in [-0.1, -0.05) is 11.6 Å². The number of nitrogens with zero attached hydrogens (tertiary/aromatic N) is 3. The molecule has 1 heterocycles. The number of amides is 1. The molecule has 1 aromatic carbocycles. The SMILES string of the molecule is Cc1cc(Cl)ccc1NC(=O)c1cnc(NCCN(C)C)nc1. The minimum atomic E-state index is -0.254. The fourth-order valence-corrected chi connectivity index (χ4v) is 2.12. The summed E-state index contributed by atoms with van der Waals surface area (Å²) in [5.41, 5.74) is 2.01. The van der Waals surface area contributed by atoms with Crippen LogP contribution in [0.25, 0.3) is 0 Å². The Balaban J connectivity index is 1.97. The lowest BCUT2D eigenvalue weighted by molar-refractivity contribution is 0.102. The quantitative estimate of drug-likeness (QED) is 0.850. The van der Waals surface area contributed by atoms with E-state index >= 15 is 0 Å². The Kier molecular flexibility index (Phi) is 5.90. The summed E-state index contributed by atoms with van der Waals surface area (Å²) in [6.07, 6.45) is 3.01. The van der Waals surface area contributed by atoms with Crippen LogP contribution < -0.4 is 10.6 Å². The molecule has 7 heteroatoms. The summed E-state index contributed by atoms with van der Waals surface area (Å²) in [6.45, 7) is 3.50. The Morgan fingerprint density at radius 2 is 1.96 bits per heavy atom. The lowest BCUT2D eigenvalue weighted by Gasteiger charge is -2.11. The Bertz CT molecular complexity index is 673. The first-order chi connectivity index (χ1) is 11.0. The van der Waals surface area contributed by atoms with Crippen molar-refractivity contribution in [2.75, 3.05) is 37.8 Å². The lowest BCUT2D eigenvalue weighted by Crippen LogP contribution is -2.21. The van der Waals surface area contributed by atoms with Crippen LogP contribution in [0.3, 0.4) is 0 Å². The third-order valence-electron chi connectivity index (χ3n) is 3.19. The highest BCUT2D eigenvalue weighted by atomic mass is 35.5. The highest BCUT2D eigenvalue weighted by Crippen LogP contribution is 2.20. The number of carbonyl (C=O) groups is 1. The number of benzene rings is 1. The molecule has 0 saturated heterocycles. The second-order valence-electron chi connectivity index (χ2n) is 5.44. The Morgan fingerprint density at radius 3 is 2.57 bits per heavy atom. The van der Waals surface area contributed by atoms with Crippen LogP contribution in [-0.2, 0) is 0 Å². The van der Waals surface area contributed by atoms with Gasteiger partial charge in [-0.3, -0.25) is 4.79 Å². The van der Waals surface area contributed by atoms with Crippen LogP contribution in [0.2, 0.25) is 5.02 Å². The fraction of sp³-hybridized carbons (Fsp3) is 0.312. The molecule has 2 rings (SSSR count). The molecule has 6 nitrogen and oxygen atoms in total. The summed E-state index contributed by atoms with van der Waals surface area (Å²) in [6, 6.07) is 5.30. The van der Waals surface area contributed by atoms with E-state index in [4.69, 9.17) is 11.6 Å². The summed E-state index contributed by atoms with van der Waals surface area (Å²) in [4.78, 5) is 22.6. The van der Waals surface area contributed by atoms with E-state index in [9.17, 15) is 4.79 Å².